The van der Waals surface area contributed by atoms with Gasteiger partial charge in [0.05, 0.1) is 12.6 Å². The maximum absolute atomic E-state index is 10.3. The summed E-state index contributed by atoms with van der Waals surface area (Å²) in [4.78, 5) is 1.42. The van der Waals surface area contributed by atoms with E-state index in [1.54, 1.807) is 7.05 Å². The molecule has 1 atom stereocenters. The fraction of sp³-hybridized carbons (Fsp3) is 0.889. The van der Waals surface area contributed by atoms with Gasteiger partial charge in [-0.3, -0.25) is 0 Å². The van der Waals surface area contributed by atoms with Crippen LogP contribution in [-0.2, 0) is 13.5 Å². The van der Waals surface area contributed by atoms with Crippen molar-refractivity contribution in [1.29, 1.82) is 0 Å². The van der Waals surface area contributed by atoms with Gasteiger partial charge in [-0.05, 0) is 30.4 Å². The number of hydrogen-bond donors (Lipinski definition) is 1. The number of aromatic nitrogens is 4. The van der Waals surface area contributed by atoms with Gasteiger partial charge < -0.3 is 5.11 Å². The van der Waals surface area contributed by atoms with Crippen LogP contribution in [-0.4, -0.2) is 30.9 Å². The van der Waals surface area contributed by atoms with Crippen molar-refractivity contribution in [2.75, 3.05) is 0 Å². The first-order valence-corrected chi connectivity index (χ1v) is 4.88. The van der Waals surface area contributed by atoms with E-state index in [1.807, 2.05) is 6.92 Å². The average Bonchev–Trinajstić information content (AvgIpc) is 2.70. The van der Waals surface area contributed by atoms with E-state index in [2.05, 4.69) is 22.3 Å². The predicted molar refractivity (Wildman–Crippen MR) is 50.5 cm³/mol. The molecule has 1 fully saturated rings. The highest BCUT2D eigenvalue weighted by Crippen LogP contribution is 2.54. The minimum atomic E-state index is -0.712. The Labute approximate surface area is 83.1 Å². The maximum atomic E-state index is 10.3. The summed E-state index contributed by atoms with van der Waals surface area (Å²) in [5, 5.41) is 22.0. The Bertz CT molecular complexity index is 340. The van der Waals surface area contributed by atoms with Gasteiger partial charge in [-0.1, -0.05) is 6.92 Å². The Morgan fingerprint density at radius 2 is 2.21 bits per heavy atom. The van der Waals surface area contributed by atoms with E-state index >= 15 is 0 Å². The quantitative estimate of drug-likeness (QED) is 0.755. The highest BCUT2D eigenvalue weighted by atomic mass is 16.3. The lowest BCUT2D eigenvalue weighted by molar-refractivity contribution is -0.00876. The van der Waals surface area contributed by atoms with E-state index in [1.165, 1.54) is 4.80 Å². The zero-order valence-electron chi connectivity index (χ0n) is 8.86. The summed E-state index contributed by atoms with van der Waals surface area (Å²) in [6, 6.07) is 0. The van der Waals surface area contributed by atoms with Crippen molar-refractivity contribution in [1.82, 2.24) is 20.2 Å². The fourth-order valence-corrected chi connectivity index (χ4v) is 1.64. The zero-order chi connectivity index (χ0) is 10.4. The third kappa shape index (κ3) is 1.52. The summed E-state index contributed by atoms with van der Waals surface area (Å²) in [6.45, 7) is 3.96. The van der Waals surface area contributed by atoms with Crippen LogP contribution < -0.4 is 0 Å². The molecule has 14 heavy (non-hydrogen) atoms. The lowest BCUT2D eigenvalue weighted by Crippen LogP contribution is -2.37. The molecule has 1 aromatic heterocycles. The highest BCUT2D eigenvalue weighted by Gasteiger charge is 2.52. The number of aliphatic hydroxyl groups is 1. The molecule has 1 aromatic rings. The van der Waals surface area contributed by atoms with Crippen LogP contribution in [0.1, 0.15) is 32.5 Å². The number of tetrazole rings is 1. The van der Waals surface area contributed by atoms with Crippen molar-refractivity contribution in [2.45, 2.75) is 38.7 Å². The third-order valence-electron chi connectivity index (χ3n) is 3.35. The molecule has 78 valence electrons. The molecule has 2 rings (SSSR count). The Balaban J connectivity index is 2.10. The van der Waals surface area contributed by atoms with Gasteiger partial charge in [0.1, 0.15) is 0 Å². The Hall–Kier alpha value is -0.970. The molecule has 1 aliphatic rings. The molecule has 5 heteroatoms. The second kappa shape index (κ2) is 2.76. The Kier molecular flexibility index (Phi) is 1.89. The third-order valence-corrected chi connectivity index (χ3v) is 3.35. The number of aryl methyl sites for hydroxylation is 1. The first-order valence-electron chi connectivity index (χ1n) is 4.88. The van der Waals surface area contributed by atoms with Crippen LogP contribution in [0.5, 0.6) is 0 Å². The monoisotopic (exact) mass is 196 g/mol. The van der Waals surface area contributed by atoms with Crippen molar-refractivity contribution in [3.63, 3.8) is 0 Å². The van der Waals surface area contributed by atoms with Gasteiger partial charge in [0.25, 0.3) is 0 Å². The van der Waals surface area contributed by atoms with Crippen LogP contribution >= 0.6 is 0 Å². The fourth-order valence-electron chi connectivity index (χ4n) is 1.64. The number of rotatable bonds is 3. The summed E-state index contributed by atoms with van der Waals surface area (Å²) in [5.74, 6) is 0.616. The van der Waals surface area contributed by atoms with Gasteiger partial charge >= 0.3 is 0 Å². The maximum Gasteiger partial charge on any atom is 0.177 e. The first-order chi connectivity index (χ1) is 6.43. The Morgan fingerprint density at radius 1 is 1.57 bits per heavy atom. The molecule has 0 aliphatic heterocycles. The molecule has 1 aliphatic carbocycles. The van der Waals surface area contributed by atoms with E-state index in [4.69, 9.17) is 0 Å². The summed E-state index contributed by atoms with van der Waals surface area (Å²) in [7, 11) is 1.73. The minimum Gasteiger partial charge on any atom is -0.389 e. The van der Waals surface area contributed by atoms with E-state index in [9.17, 15) is 5.11 Å². The second-order valence-electron chi connectivity index (χ2n) is 4.71. The summed E-state index contributed by atoms with van der Waals surface area (Å²) in [5.41, 5.74) is -0.664. The minimum absolute atomic E-state index is 0.0478. The SMILES string of the molecule is Cn1nnc(CC(C)(O)C2(C)CC2)n1. The van der Waals surface area contributed by atoms with Crippen LogP contribution in [0, 0.1) is 5.41 Å². The van der Waals surface area contributed by atoms with Crippen molar-refractivity contribution in [3.8, 4) is 0 Å². The van der Waals surface area contributed by atoms with Gasteiger partial charge in [-0.2, -0.15) is 4.80 Å². The summed E-state index contributed by atoms with van der Waals surface area (Å²) in [6.07, 6.45) is 2.65. The van der Waals surface area contributed by atoms with Crippen molar-refractivity contribution in [2.24, 2.45) is 12.5 Å². The second-order valence-corrected chi connectivity index (χ2v) is 4.71. The topological polar surface area (TPSA) is 63.8 Å². The van der Waals surface area contributed by atoms with E-state index in [0.29, 0.717) is 12.2 Å². The summed E-state index contributed by atoms with van der Waals surface area (Å²) < 4.78 is 0. The molecule has 1 heterocycles. The van der Waals surface area contributed by atoms with E-state index < -0.39 is 5.60 Å². The molecule has 0 saturated heterocycles. The molecular formula is C9H16N4O. The molecule has 5 nitrogen and oxygen atoms in total. The molecule has 0 bridgehead atoms. The first kappa shape index (κ1) is 9.58. The van der Waals surface area contributed by atoms with Gasteiger partial charge in [0, 0.05) is 6.42 Å². The average molecular weight is 196 g/mol. The molecule has 0 aromatic carbocycles. The molecule has 1 N–H and O–H groups in total. The summed E-state index contributed by atoms with van der Waals surface area (Å²) >= 11 is 0. The van der Waals surface area contributed by atoms with Crippen LogP contribution in [0.4, 0.5) is 0 Å². The largest absolute Gasteiger partial charge is 0.389 e. The molecule has 0 amide bonds. The molecule has 1 unspecified atom stereocenters. The van der Waals surface area contributed by atoms with E-state index in [-0.39, 0.29) is 5.41 Å². The Morgan fingerprint density at radius 3 is 2.64 bits per heavy atom. The normalized spacial score (nSPS) is 23.1. The molecular weight excluding hydrogens is 180 g/mol. The van der Waals surface area contributed by atoms with Crippen LogP contribution in [0.3, 0.4) is 0 Å². The lowest BCUT2D eigenvalue weighted by Gasteiger charge is -2.28. The van der Waals surface area contributed by atoms with E-state index in [0.717, 1.165) is 12.8 Å². The predicted octanol–water partition coefficient (Wildman–Crippen LogP) is 0.304. The van der Waals surface area contributed by atoms with Gasteiger partial charge in [-0.25, -0.2) is 0 Å². The van der Waals surface area contributed by atoms with Crippen molar-refractivity contribution in [3.05, 3.63) is 5.82 Å². The van der Waals surface area contributed by atoms with Gasteiger partial charge in [-0.15, -0.1) is 10.2 Å². The van der Waals surface area contributed by atoms with Gasteiger partial charge in [0.15, 0.2) is 5.82 Å². The van der Waals surface area contributed by atoms with Crippen molar-refractivity contribution >= 4 is 0 Å². The smallest absolute Gasteiger partial charge is 0.177 e. The lowest BCUT2D eigenvalue weighted by atomic mass is 9.84. The molecule has 0 spiro atoms. The van der Waals surface area contributed by atoms with Crippen LogP contribution in [0.25, 0.3) is 0 Å². The molecule has 1 saturated carbocycles. The van der Waals surface area contributed by atoms with Crippen LogP contribution in [0.15, 0.2) is 0 Å². The van der Waals surface area contributed by atoms with Crippen LogP contribution in [0.2, 0.25) is 0 Å². The number of nitrogens with zero attached hydrogens (tertiary/aromatic N) is 4. The highest BCUT2D eigenvalue weighted by molar-refractivity contribution is 5.06. The van der Waals surface area contributed by atoms with Crippen molar-refractivity contribution < 1.29 is 5.11 Å². The molecule has 0 radical (unpaired) electrons. The standard InChI is InChI=1S/C9H16N4O/c1-8(4-5-8)9(2,14)6-7-10-12-13(3)11-7/h14H,4-6H2,1-3H3. The van der Waals surface area contributed by atoms with Gasteiger partial charge in [0.2, 0.25) is 0 Å². The number of hydrogen-bond acceptors (Lipinski definition) is 4. The zero-order valence-corrected chi connectivity index (χ0v) is 8.86.